The molecule has 0 unspecified atom stereocenters. The van der Waals surface area contributed by atoms with Crippen LogP contribution in [0.5, 0.6) is 0 Å². The van der Waals surface area contributed by atoms with Gasteiger partial charge >= 0.3 is 0 Å². The van der Waals surface area contributed by atoms with E-state index < -0.39 is 11.5 Å². The van der Waals surface area contributed by atoms with E-state index in [4.69, 9.17) is 0 Å². The van der Waals surface area contributed by atoms with Crippen LogP contribution in [0.2, 0.25) is 0 Å². The third-order valence-electron chi connectivity index (χ3n) is 9.92. The van der Waals surface area contributed by atoms with Crippen LogP contribution in [0.15, 0.2) is 91.0 Å². The Kier molecular flexibility index (Phi) is 8.73. The fourth-order valence-corrected chi connectivity index (χ4v) is 7.36. The van der Waals surface area contributed by atoms with E-state index in [0.29, 0.717) is 25.4 Å². The van der Waals surface area contributed by atoms with Crippen LogP contribution >= 0.6 is 0 Å². The van der Waals surface area contributed by atoms with Gasteiger partial charge in [-0.1, -0.05) is 91.0 Å². The number of nitrogens with zero attached hydrogens (tertiary/aromatic N) is 3. The molecule has 3 aliphatic rings. The minimum absolute atomic E-state index is 0.151. The van der Waals surface area contributed by atoms with Gasteiger partial charge in [-0.25, -0.2) is 0 Å². The standard InChI is InChI=1S/C36H43N3O3/c40-33(38-20-16-29(17-21-38)24-28-10-4-1-5-11-28)27-37-22-18-36(19-23-37)25-32(34(41)31-14-8-3-9-15-31)39(35(36)42)26-30-12-6-2-7-13-30/h1-15,29,32,34,41H,16-27H2/t32-,34+/m0/s1. The molecule has 2 amide bonds. The van der Waals surface area contributed by atoms with Crippen molar-refractivity contribution in [3.8, 4) is 0 Å². The number of hydrogen-bond acceptors (Lipinski definition) is 4. The highest BCUT2D eigenvalue weighted by Crippen LogP contribution is 2.48. The molecule has 1 spiro atoms. The number of likely N-dealkylation sites (tertiary alicyclic amines) is 3. The van der Waals surface area contributed by atoms with Crippen molar-refractivity contribution in [2.45, 2.75) is 57.2 Å². The molecule has 42 heavy (non-hydrogen) atoms. The zero-order chi connectivity index (χ0) is 28.9. The van der Waals surface area contributed by atoms with Crippen molar-refractivity contribution in [3.05, 3.63) is 108 Å². The van der Waals surface area contributed by atoms with Gasteiger partial charge in [-0.2, -0.15) is 0 Å². The topological polar surface area (TPSA) is 64.1 Å². The van der Waals surface area contributed by atoms with Gasteiger partial charge in [0, 0.05) is 19.6 Å². The molecule has 0 aliphatic carbocycles. The predicted octanol–water partition coefficient (Wildman–Crippen LogP) is 5.08. The van der Waals surface area contributed by atoms with Crippen LogP contribution in [0.1, 0.15) is 54.9 Å². The van der Waals surface area contributed by atoms with Crippen molar-refractivity contribution in [2.75, 3.05) is 32.7 Å². The Balaban J connectivity index is 1.06. The van der Waals surface area contributed by atoms with Gasteiger partial charge in [0.1, 0.15) is 0 Å². The van der Waals surface area contributed by atoms with E-state index in [9.17, 15) is 14.7 Å². The second-order valence-electron chi connectivity index (χ2n) is 12.6. The highest BCUT2D eigenvalue weighted by Gasteiger charge is 2.54. The highest BCUT2D eigenvalue weighted by atomic mass is 16.3. The normalized spacial score (nSPS) is 22.0. The van der Waals surface area contributed by atoms with Crippen LogP contribution in [0, 0.1) is 11.3 Å². The van der Waals surface area contributed by atoms with E-state index in [0.717, 1.165) is 69.4 Å². The SMILES string of the molecule is O=C(CN1CCC2(CC1)C[C@@H]([C@H](O)c1ccccc1)N(Cc1ccccc1)C2=O)N1CCC(Cc2ccccc2)CC1. The van der Waals surface area contributed by atoms with Crippen molar-refractivity contribution in [1.82, 2.24) is 14.7 Å². The summed E-state index contributed by atoms with van der Waals surface area (Å²) in [6.07, 6.45) is 4.56. The number of benzene rings is 3. The van der Waals surface area contributed by atoms with E-state index in [-0.39, 0.29) is 17.9 Å². The first kappa shape index (κ1) is 28.6. The maximum absolute atomic E-state index is 14.1. The van der Waals surface area contributed by atoms with Gasteiger partial charge < -0.3 is 14.9 Å². The summed E-state index contributed by atoms with van der Waals surface area (Å²) in [6, 6.07) is 30.2. The van der Waals surface area contributed by atoms with Gasteiger partial charge in [0.05, 0.1) is 24.1 Å². The average Bonchev–Trinajstić information content (AvgIpc) is 3.30. The fourth-order valence-electron chi connectivity index (χ4n) is 7.36. The number of amides is 2. The summed E-state index contributed by atoms with van der Waals surface area (Å²) in [7, 11) is 0. The van der Waals surface area contributed by atoms with E-state index in [1.165, 1.54) is 5.56 Å². The van der Waals surface area contributed by atoms with Crippen LogP contribution in [0.25, 0.3) is 0 Å². The number of rotatable bonds is 8. The quantitative estimate of drug-likeness (QED) is 0.414. The van der Waals surface area contributed by atoms with Gasteiger partial charge in [-0.05, 0) is 74.2 Å². The third kappa shape index (κ3) is 6.30. The van der Waals surface area contributed by atoms with E-state index in [2.05, 4.69) is 35.2 Å². The maximum Gasteiger partial charge on any atom is 0.236 e. The second-order valence-corrected chi connectivity index (χ2v) is 12.6. The molecule has 3 aromatic carbocycles. The Bertz CT molecular complexity index is 1320. The largest absolute Gasteiger partial charge is 0.386 e. The molecule has 0 aromatic heterocycles. The molecule has 0 bridgehead atoms. The lowest BCUT2D eigenvalue weighted by molar-refractivity contribution is -0.141. The lowest BCUT2D eigenvalue weighted by Crippen LogP contribution is -2.49. The summed E-state index contributed by atoms with van der Waals surface area (Å²) in [5.74, 6) is 1.00. The van der Waals surface area contributed by atoms with Gasteiger partial charge in [-0.15, -0.1) is 0 Å². The van der Waals surface area contributed by atoms with E-state index in [1.54, 1.807) is 0 Å². The van der Waals surface area contributed by atoms with E-state index in [1.807, 2.05) is 70.5 Å². The molecule has 2 atom stereocenters. The Labute approximate surface area is 249 Å². The van der Waals surface area contributed by atoms with Gasteiger partial charge in [0.2, 0.25) is 11.8 Å². The molecule has 0 saturated carbocycles. The minimum atomic E-state index is -0.734. The zero-order valence-electron chi connectivity index (χ0n) is 24.5. The van der Waals surface area contributed by atoms with Crippen molar-refractivity contribution in [3.63, 3.8) is 0 Å². The van der Waals surface area contributed by atoms with Gasteiger partial charge in [0.15, 0.2) is 0 Å². The number of aliphatic hydroxyl groups is 1. The highest BCUT2D eigenvalue weighted by molar-refractivity contribution is 5.86. The molecule has 0 radical (unpaired) electrons. The van der Waals surface area contributed by atoms with Crippen LogP contribution in [0.3, 0.4) is 0 Å². The summed E-state index contributed by atoms with van der Waals surface area (Å²) in [6.45, 7) is 4.06. The van der Waals surface area contributed by atoms with Gasteiger partial charge in [-0.3, -0.25) is 14.5 Å². The third-order valence-corrected chi connectivity index (χ3v) is 9.92. The Morgan fingerprint density at radius 2 is 1.38 bits per heavy atom. The molecule has 6 heteroatoms. The van der Waals surface area contributed by atoms with Crippen molar-refractivity contribution >= 4 is 11.8 Å². The summed E-state index contributed by atoms with van der Waals surface area (Å²) in [5, 5.41) is 11.5. The number of carbonyl (C=O) groups excluding carboxylic acids is 2. The van der Waals surface area contributed by atoms with Gasteiger partial charge in [0.25, 0.3) is 0 Å². The summed E-state index contributed by atoms with van der Waals surface area (Å²) >= 11 is 0. The molecule has 6 rings (SSSR count). The molecule has 3 aromatic rings. The lowest BCUT2D eigenvalue weighted by Gasteiger charge is -2.39. The maximum atomic E-state index is 14.1. The first-order chi connectivity index (χ1) is 20.5. The molecule has 3 saturated heterocycles. The molecular formula is C36H43N3O3. The molecule has 6 nitrogen and oxygen atoms in total. The van der Waals surface area contributed by atoms with Crippen LogP contribution in [-0.4, -0.2) is 70.4 Å². The van der Waals surface area contributed by atoms with Crippen LogP contribution in [-0.2, 0) is 22.6 Å². The number of carbonyl (C=O) groups is 2. The molecule has 220 valence electrons. The summed E-state index contributed by atoms with van der Waals surface area (Å²) in [4.78, 5) is 33.5. The minimum Gasteiger partial charge on any atom is -0.386 e. The van der Waals surface area contributed by atoms with Crippen molar-refractivity contribution in [1.29, 1.82) is 0 Å². The summed E-state index contributed by atoms with van der Waals surface area (Å²) < 4.78 is 0. The average molecular weight is 566 g/mol. The van der Waals surface area contributed by atoms with Crippen molar-refractivity contribution in [2.24, 2.45) is 11.3 Å². The first-order valence-electron chi connectivity index (χ1n) is 15.6. The zero-order valence-corrected chi connectivity index (χ0v) is 24.5. The molecular weight excluding hydrogens is 522 g/mol. The Morgan fingerprint density at radius 1 is 0.810 bits per heavy atom. The van der Waals surface area contributed by atoms with Crippen molar-refractivity contribution < 1.29 is 14.7 Å². The fraction of sp³-hybridized carbons (Fsp3) is 0.444. The first-order valence-corrected chi connectivity index (χ1v) is 15.6. The lowest BCUT2D eigenvalue weighted by atomic mass is 9.75. The number of piperidine rings is 2. The monoisotopic (exact) mass is 565 g/mol. The molecule has 3 aliphatic heterocycles. The number of hydrogen-bond donors (Lipinski definition) is 1. The molecule has 3 heterocycles. The Hall–Kier alpha value is -3.48. The van der Waals surface area contributed by atoms with Crippen LogP contribution in [0.4, 0.5) is 0 Å². The summed E-state index contributed by atoms with van der Waals surface area (Å²) in [5.41, 5.74) is 2.82. The molecule has 3 fully saturated rings. The Morgan fingerprint density at radius 3 is 2.00 bits per heavy atom. The number of aliphatic hydroxyl groups excluding tert-OH is 1. The van der Waals surface area contributed by atoms with E-state index >= 15 is 0 Å². The van der Waals surface area contributed by atoms with Crippen LogP contribution < -0.4 is 0 Å². The smallest absolute Gasteiger partial charge is 0.236 e. The predicted molar refractivity (Wildman–Crippen MR) is 164 cm³/mol. The molecule has 1 N–H and O–H groups in total. The second kappa shape index (κ2) is 12.8.